The molecule has 2 bridgehead atoms. The van der Waals surface area contributed by atoms with Gasteiger partial charge in [0.1, 0.15) is 18.1 Å². The molecule has 10 nitrogen and oxygen atoms in total. The van der Waals surface area contributed by atoms with E-state index in [1.807, 2.05) is 4.90 Å². The van der Waals surface area contributed by atoms with Gasteiger partial charge in [0.05, 0.1) is 17.3 Å². The molecule has 3 N–H and O–H groups in total. The number of pyridine rings is 2. The maximum absolute atomic E-state index is 13.0. The molecule has 1 unspecified atom stereocenters. The van der Waals surface area contributed by atoms with Crippen molar-refractivity contribution >= 4 is 35.2 Å². The van der Waals surface area contributed by atoms with Crippen LogP contribution in [0.1, 0.15) is 27.3 Å². The van der Waals surface area contributed by atoms with E-state index in [4.69, 9.17) is 5.11 Å². The molecule has 4 heterocycles. The highest BCUT2D eigenvalue weighted by Crippen LogP contribution is 2.39. The molecule has 0 aliphatic carbocycles. The summed E-state index contributed by atoms with van der Waals surface area (Å²) in [5.41, 5.74) is 0.279. The Labute approximate surface area is 179 Å². The number of rotatable bonds is 4. The van der Waals surface area contributed by atoms with Gasteiger partial charge in [0.25, 0.3) is 5.91 Å². The predicted octanol–water partition coefficient (Wildman–Crippen LogP) is 2.10. The first-order valence-corrected chi connectivity index (χ1v) is 9.53. The number of fused-ring (bicyclic) bond motifs is 4. The second-order valence-corrected chi connectivity index (χ2v) is 7.26. The number of anilines is 3. The lowest BCUT2D eigenvalue weighted by Gasteiger charge is -2.35. The van der Waals surface area contributed by atoms with Gasteiger partial charge in [0.2, 0.25) is 0 Å². The molecule has 0 radical (unpaired) electrons. The average molecular weight is 450 g/mol. The molecule has 2 aromatic rings. The third kappa shape index (κ3) is 4.26. The van der Waals surface area contributed by atoms with Crippen molar-refractivity contribution in [1.29, 1.82) is 0 Å². The van der Waals surface area contributed by atoms with E-state index >= 15 is 0 Å². The SMILES string of the molecule is O=C(O)c1ccc(NC(=O)N2c3nc(C(=O)NCC(F)(F)F)ccc3N3CCC2C3)nc1. The van der Waals surface area contributed by atoms with E-state index in [2.05, 4.69) is 15.3 Å². The minimum Gasteiger partial charge on any atom is -0.478 e. The number of carbonyl (C=O) groups is 3. The molecule has 0 saturated carbocycles. The van der Waals surface area contributed by atoms with Gasteiger partial charge in [0, 0.05) is 19.3 Å². The van der Waals surface area contributed by atoms with Gasteiger partial charge < -0.3 is 15.3 Å². The highest BCUT2D eigenvalue weighted by atomic mass is 19.4. The number of nitrogens with one attached hydrogen (secondary N) is 2. The predicted molar refractivity (Wildman–Crippen MR) is 106 cm³/mol. The van der Waals surface area contributed by atoms with Crippen molar-refractivity contribution in [2.75, 3.05) is 34.8 Å². The summed E-state index contributed by atoms with van der Waals surface area (Å²) in [6, 6.07) is 4.61. The fraction of sp³-hybridized carbons (Fsp3) is 0.316. The summed E-state index contributed by atoms with van der Waals surface area (Å²) in [6.45, 7) is -0.317. The molecule has 0 spiro atoms. The monoisotopic (exact) mass is 450 g/mol. The highest BCUT2D eigenvalue weighted by molar-refractivity contribution is 6.05. The van der Waals surface area contributed by atoms with Crippen molar-refractivity contribution in [3.8, 4) is 0 Å². The summed E-state index contributed by atoms with van der Waals surface area (Å²) in [7, 11) is 0. The number of carboxylic acids is 1. The first-order chi connectivity index (χ1) is 15.1. The number of alkyl halides is 3. The number of aromatic carboxylic acids is 1. The highest BCUT2D eigenvalue weighted by Gasteiger charge is 2.40. The van der Waals surface area contributed by atoms with E-state index in [0.29, 0.717) is 25.2 Å². The van der Waals surface area contributed by atoms with Crippen LogP contribution in [0.2, 0.25) is 0 Å². The van der Waals surface area contributed by atoms with E-state index in [-0.39, 0.29) is 28.9 Å². The fourth-order valence-electron chi connectivity index (χ4n) is 3.63. The van der Waals surface area contributed by atoms with Crippen LogP contribution in [0.15, 0.2) is 30.5 Å². The number of hydrogen-bond acceptors (Lipinski definition) is 6. The Balaban J connectivity index is 1.59. The van der Waals surface area contributed by atoms with Gasteiger partial charge in [-0.3, -0.25) is 15.0 Å². The second-order valence-electron chi connectivity index (χ2n) is 7.26. The third-order valence-corrected chi connectivity index (χ3v) is 5.10. The third-order valence-electron chi connectivity index (χ3n) is 5.10. The van der Waals surface area contributed by atoms with Crippen molar-refractivity contribution in [1.82, 2.24) is 15.3 Å². The number of aromatic nitrogens is 2. The van der Waals surface area contributed by atoms with Crippen molar-refractivity contribution in [3.05, 3.63) is 41.7 Å². The quantitative estimate of drug-likeness (QED) is 0.651. The summed E-state index contributed by atoms with van der Waals surface area (Å²) in [5, 5.41) is 13.3. The minimum atomic E-state index is -4.57. The molecule has 2 aliphatic rings. The van der Waals surface area contributed by atoms with Crippen LogP contribution in [0.5, 0.6) is 0 Å². The molecular weight excluding hydrogens is 433 g/mol. The van der Waals surface area contributed by atoms with Crippen LogP contribution in [0.25, 0.3) is 0 Å². The van der Waals surface area contributed by atoms with Crippen molar-refractivity contribution in [3.63, 3.8) is 0 Å². The van der Waals surface area contributed by atoms with Crippen molar-refractivity contribution in [2.45, 2.75) is 18.6 Å². The lowest BCUT2D eigenvalue weighted by atomic mass is 10.1. The molecule has 1 saturated heterocycles. The normalized spacial score (nSPS) is 17.0. The Hall–Kier alpha value is -3.90. The molecule has 3 amide bonds. The van der Waals surface area contributed by atoms with Gasteiger partial charge in [-0.15, -0.1) is 0 Å². The van der Waals surface area contributed by atoms with Gasteiger partial charge in [0.15, 0.2) is 5.82 Å². The zero-order chi connectivity index (χ0) is 23.0. The van der Waals surface area contributed by atoms with Crippen LogP contribution < -0.4 is 20.4 Å². The zero-order valence-corrected chi connectivity index (χ0v) is 16.4. The lowest BCUT2D eigenvalue weighted by Crippen LogP contribution is -2.48. The van der Waals surface area contributed by atoms with Gasteiger partial charge >= 0.3 is 18.2 Å². The summed E-state index contributed by atoms with van der Waals surface area (Å²) >= 11 is 0. The van der Waals surface area contributed by atoms with Crippen LogP contribution in [0.4, 0.5) is 35.3 Å². The lowest BCUT2D eigenvalue weighted by molar-refractivity contribution is -0.123. The standard InChI is InChI=1S/C19H17F3N6O4/c20-19(21,22)9-24-16(29)12-2-3-13-15(25-12)28(11-5-6-27(13)8-11)18(32)26-14-4-1-10(7-23-14)17(30)31/h1-4,7,11H,5-6,8-9H2,(H,24,29)(H,30,31)(H,23,26,32). The topological polar surface area (TPSA) is 128 Å². The van der Waals surface area contributed by atoms with Crippen LogP contribution in [-0.2, 0) is 0 Å². The van der Waals surface area contributed by atoms with Gasteiger partial charge in [-0.1, -0.05) is 0 Å². The van der Waals surface area contributed by atoms with Crippen LogP contribution in [-0.4, -0.2) is 64.8 Å². The number of amides is 3. The molecule has 0 aromatic carbocycles. The Morgan fingerprint density at radius 3 is 2.62 bits per heavy atom. The molecule has 13 heteroatoms. The Bertz CT molecular complexity index is 1080. The number of carboxylic acid groups (broad SMARTS) is 1. The summed E-state index contributed by atoms with van der Waals surface area (Å²) in [6.07, 6.45) is -2.84. The molecule has 1 atom stereocenters. The Kier molecular flexibility index (Phi) is 5.32. The van der Waals surface area contributed by atoms with Gasteiger partial charge in [-0.2, -0.15) is 13.2 Å². The molecule has 32 heavy (non-hydrogen) atoms. The molecule has 1 fully saturated rings. The summed E-state index contributed by atoms with van der Waals surface area (Å²) in [5.74, 6) is -1.91. The first kappa shape index (κ1) is 21.3. The zero-order valence-electron chi connectivity index (χ0n) is 16.4. The van der Waals surface area contributed by atoms with Crippen molar-refractivity contribution < 1.29 is 32.7 Å². The van der Waals surface area contributed by atoms with Gasteiger partial charge in [-0.25, -0.2) is 19.6 Å². The molecule has 2 aromatic heterocycles. The van der Waals surface area contributed by atoms with E-state index in [1.54, 1.807) is 11.4 Å². The average Bonchev–Trinajstić information content (AvgIpc) is 3.15. The number of hydrogen-bond donors (Lipinski definition) is 3. The number of carbonyl (C=O) groups excluding carboxylic acids is 2. The number of halogens is 3. The summed E-state index contributed by atoms with van der Waals surface area (Å²) in [4.78, 5) is 47.5. The number of urea groups is 1. The molecule has 4 rings (SSSR count). The molecule has 168 valence electrons. The fourth-order valence-corrected chi connectivity index (χ4v) is 3.63. The van der Waals surface area contributed by atoms with Crippen molar-refractivity contribution in [2.24, 2.45) is 0 Å². The van der Waals surface area contributed by atoms with E-state index in [9.17, 15) is 27.6 Å². The second kappa shape index (κ2) is 7.98. The number of nitrogens with zero attached hydrogens (tertiary/aromatic N) is 4. The largest absolute Gasteiger partial charge is 0.478 e. The minimum absolute atomic E-state index is 0.0473. The molecule has 2 aliphatic heterocycles. The molecular formula is C19H17F3N6O4. The van der Waals surface area contributed by atoms with Crippen LogP contribution in [0, 0.1) is 0 Å². The smallest absolute Gasteiger partial charge is 0.405 e. The summed E-state index contributed by atoms with van der Waals surface area (Å²) < 4.78 is 37.3. The van der Waals surface area contributed by atoms with Gasteiger partial charge in [-0.05, 0) is 30.7 Å². The Morgan fingerprint density at radius 2 is 1.97 bits per heavy atom. The van der Waals surface area contributed by atoms with E-state index < -0.39 is 30.6 Å². The Morgan fingerprint density at radius 1 is 1.19 bits per heavy atom. The first-order valence-electron chi connectivity index (χ1n) is 9.53. The van der Waals surface area contributed by atoms with E-state index in [0.717, 1.165) is 6.20 Å². The maximum Gasteiger partial charge on any atom is 0.405 e. The van der Waals surface area contributed by atoms with Crippen LogP contribution in [0.3, 0.4) is 0 Å². The van der Waals surface area contributed by atoms with E-state index in [1.165, 1.54) is 23.1 Å². The maximum atomic E-state index is 13.0. The van der Waals surface area contributed by atoms with Crippen LogP contribution >= 0.6 is 0 Å².